The van der Waals surface area contributed by atoms with E-state index in [1.54, 1.807) is 20.8 Å². The molecule has 2 atom stereocenters. The van der Waals surface area contributed by atoms with Crippen LogP contribution in [0.15, 0.2) is 0 Å². The normalized spacial score (nSPS) is 15.2. The monoisotopic (exact) mass is 484 g/mol. The van der Waals surface area contributed by atoms with Gasteiger partial charge in [-0.2, -0.15) is 0 Å². The van der Waals surface area contributed by atoms with Crippen LogP contribution in [0, 0.1) is 17.3 Å². The molecule has 34 heavy (non-hydrogen) atoms. The lowest BCUT2D eigenvalue weighted by molar-refractivity contribution is -0.168. The molecule has 0 bridgehead atoms. The molecule has 0 aromatic carbocycles. The maximum Gasteiger partial charge on any atom is 0.329 e. The Morgan fingerprint density at radius 2 is 1.00 bits per heavy atom. The third-order valence-corrected chi connectivity index (χ3v) is 5.48. The Labute approximate surface area is 208 Å². The van der Waals surface area contributed by atoms with Crippen LogP contribution in [-0.4, -0.2) is 46.7 Å². The van der Waals surface area contributed by atoms with Crippen molar-refractivity contribution in [2.24, 2.45) is 17.3 Å². The second-order valence-corrected chi connectivity index (χ2v) is 13.4. The van der Waals surface area contributed by atoms with Gasteiger partial charge in [-0.25, -0.2) is 4.79 Å². The van der Waals surface area contributed by atoms with Crippen molar-refractivity contribution in [3.05, 3.63) is 0 Å². The van der Waals surface area contributed by atoms with Crippen LogP contribution in [-0.2, 0) is 23.9 Å². The average molecular weight is 485 g/mol. The molecular formula is C27H52N2O5. The van der Waals surface area contributed by atoms with E-state index in [9.17, 15) is 14.4 Å². The molecule has 7 heteroatoms. The van der Waals surface area contributed by atoms with Crippen LogP contribution in [0.2, 0.25) is 0 Å². The minimum absolute atomic E-state index is 0.0798. The second kappa shape index (κ2) is 11.9. The molecule has 0 aliphatic heterocycles. The molecule has 0 saturated heterocycles. The van der Waals surface area contributed by atoms with Crippen molar-refractivity contribution in [3.63, 3.8) is 0 Å². The van der Waals surface area contributed by atoms with Crippen molar-refractivity contribution in [2.75, 3.05) is 0 Å². The fourth-order valence-corrected chi connectivity index (χ4v) is 3.20. The molecule has 0 aromatic heterocycles. The first-order valence-electron chi connectivity index (χ1n) is 12.5. The highest BCUT2D eigenvalue weighted by Gasteiger charge is 2.36. The van der Waals surface area contributed by atoms with E-state index in [0.29, 0.717) is 12.8 Å². The zero-order chi connectivity index (χ0) is 27.3. The van der Waals surface area contributed by atoms with Gasteiger partial charge in [0.2, 0.25) is 5.91 Å². The molecule has 0 saturated carbocycles. The lowest BCUT2D eigenvalue weighted by atomic mass is 9.92. The predicted molar refractivity (Wildman–Crippen MR) is 137 cm³/mol. The first-order chi connectivity index (χ1) is 15.0. The predicted octanol–water partition coefficient (Wildman–Crippen LogP) is 5.01. The molecule has 2 N–H and O–H groups in total. The largest absolute Gasteiger partial charge is 0.458 e. The number of hydrogen-bond donors (Lipinski definition) is 2. The van der Waals surface area contributed by atoms with E-state index in [2.05, 4.69) is 10.6 Å². The molecule has 0 aromatic rings. The molecule has 1 amide bonds. The molecule has 0 heterocycles. The van der Waals surface area contributed by atoms with Crippen molar-refractivity contribution in [3.8, 4) is 0 Å². The Hall–Kier alpha value is -1.63. The van der Waals surface area contributed by atoms with Crippen molar-refractivity contribution in [1.82, 2.24) is 10.6 Å². The van der Waals surface area contributed by atoms with Crippen molar-refractivity contribution >= 4 is 17.8 Å². The Bertz CT molecular complexity index is 697. The minimum Gasteiger partial charge on any atom is -0.458 e. The lowest BCUT2D eigenvalue weighted by Crippen LogP contribution is -2.52. The van der Waals surface area contributed by atoms with Crippen LogP contribution in [0.3, 0.4) is 0 Å². The van der Waals surface area contributed by atoms with Gasteiger partial charge >= 0.3 is 11.9 Å². The van der Waals surface area contributed by atoms with Gasteiger partial charge in [0.25, 0.3) is 0 Å². The topological polar surface area (TPSA) is 93.7 Å². The highest BCUT2D eigenvalue weighted by Crippen LogP contribution is 2.27. The number of ether oxygens (including phenoxy) is 2. The number of carbonyl (C=O) groups is 3. The van der Waals surface area contributed by atoms with E-state index in [1.165, 1.54) is 0 Å². The summed E-state index contributed by atoms with van der Waals surface area (Å²) in [7, 11) is 0. The summed E-state index contributed by atoms with van der Waals surface area (Å²) >= 11 is 0. The summed E-state index contributed by atoms with van der Waals surface area (Å²) in [4.78, 5) is 38.3. The van der Waals surface area contributed by atoms with E-state index in [1.807, 2.05) is 76.2 Å². The van der Waals surface area contributed by atoms with E-state index in [-0.39, 0.29) is 29.3 Å². The highest BCUT2D eigenvalue weighted by molar-refractivity contribution is 5.87. The molecule has 0 aliphatic rings. The van der Waals surface area contributed by atoms with Crippen molar-refractivity contribution < 1.29 is 23.9 Å². The molecule has 0 spiro atoms. The summed E-state index contributed by atoms with van der Waals surface area (Å²) < 4.78 is 11.7. The highest BCUT2D eigenvalue weighted by atomic mass is 16.6. The smallest absolute Gasteiger partial charge is 0.329 e. The van der Waals surface area contributed by atoms with Gasteiger partial charge in [-0.3, -0.25) is 14.9 Å². The van der Waals surface area contributed by atoms with E-state index < -0.39 is 34.7 Å². The van der Waals surface area contributed by atoms with Crippen LogP contribution in [0.1, 0.15) is 110 Å². The SMILES string of the molecule is CC(C)C(NC(=O)C(C)(C)C)C(=O)OC(C)(C)CCC(C)(C)OC(=O)[C@@H](NC(C)(C)C)C(C)C. The Morgan fingerprint density at radius 1 is 0.647 bits per heavy atom. The van der Waals surface area contributed by atoms with Crippen LogP contribution in [0.25, 0.3) is 0 Å². The summed E-state index contributed by atoms with van der Waals surface area (Å²) in [5.41, 5.74) is -2.34. The average Bonchev–Trinajstić information content (AvgIpc) is 2.59. The quantitative estimate of drug-likeness (QED) is 0.400. The first-order valence-corrected chi connectivity index (χ1v) is 12.5. The molecule has 7 nitrogen and oxygen atoms in total. The van der Waals surface area contributed by atoms with Gasteiger partial charge < -0.3 is 14.8 Å². The summed E-state index contributed by atoms with van der Waals surface area (Å²) in [6.07, 6.45) is 1.01. The number of esters is 2. The van der Waals surface area contributed by atoms with Gasteiger partial charge in [-0.1, -0.05) is 48.5 Å². The molecule has 0 radical (unpaired) electrons. The third-order valence-electron chi connectivity index (χ3n) is 5.48. The van der Waals surface area contributed by atoms with Gasteiger partial charge in [-0.15, -0.1) is 0 Å². The van der Waals surface area contributed by atoms with E-state index >= 15 is 0 Å². The molecule has 0 aliphatic carbocycles. The summed E-state index contributed by atoms with van der Waals surface area (Å²) in [6.45, 7) is 26.6. The number of nitrogens with one attached hydrogen (secondary N) is 2. The maximum atomic E-state index is 12.9. The van der Waals surface area contributed by atoms with Crippen LogP contribution < -0.4 is 10.6 Å². The Kier molecular flexibility index (Phi) is 11.3. The molecule has 0 rings (SSSR count). The van der Waals surface area contributed by atoms with Crippen LogP contribution in [0.4, 0.5) is 0 Å². The minimum atomic E-state index is -0.790. The second-order valence-electron chi connectivity index (χ2n) is 13.4. The number of amides is 1. The fraction of sp³-hybridized carbons (Fsp3) is 0.889. The zero-order valence-corrected chi connectivity index (χ0v) is 24.3. The number of rotatable bonds is 11. The first kappa shape index (κ1) is 32.4. The van der Waals surface area contributed by atoms with Gasteiger partial charge in [0.05, 0.1) is 0 Å². The van der Waals surface area contributed by atoms with Gasteiger partial charge in [-0.05, 0) is 73.1 Å². The van der Waals surface area contributed by atoms with Crippen molar-refractivity contribution in [2.45, 2.75) is 139 Å². The standard InChI is InChI=1S/C27H52N2O5/c1-17(2)19(28-23(32)24(5,6)7)21(30)33-26(11,12)15-16-27(13,14)34-22(31)20(18(3)4)29-25(8,9)10/h17-20,29H,15-16H2,1-14H3,(H,28,32)/t19?,20-/m0/s1. The van der Waals surface area contributed by atoms with Crippen LogP contribution in [0.5, 0.6) is 0 Å². The van der Waals surface area contributed by atoms with Gasteiger partial charge in [0, 0.05) is 11.0 Å². The van der Waals surface area contributed by atoms with Gasteiger partial charge in [0.15, 0.2) is 0 Å². The fourth-order valence-electron chi connectivity index (χ4n) is 3.20. The molecule has 200 valence electrons. The lowest BCUT2D eigenvalue weighted by Gasteiger charge is -2.35. The zero-order valence-electron chi connectivity index (χ0n) is 24.3. The molecular weight excluding hydrogens is 432 g/mol. The Balaban J connectivity index is 5.18. The van der Waals surface area contributed by atoms with Gasteiger partial charge in [0.1, 0.15) is 23.3 Å². The Morgan fingerprint density at radius 3 is 1.29 bits per heavy atom. The summed E-state index contributed by atoms with van der Waals surface area (Å²) in [5.74, 6) is -0.972. The third kappa shape index (κ3) is 12.2. The number of carbonyl (C=O) groups excluding carboxylic acids is 3. The summed E-state index contributed by atoms with van der Waals surface area (Å²) in [5, 5.41) is 6.18. The van der Waals surface area contributed by atoms with E-state index in [4.69, 9.17) is 9.47 Å². The maximum absolute atomic E-state index is 12.9. The van der Waals surface area contributed by atoms with Crippen molar-refractivity contribution in [1.29, 1.82) is 0 Å². The molecule has 1 unspecified atom stereocenters. The number of hydrogen-bond acceptors (Lipinski definition) is 6. The van der Waals surface area contributed by atoms with Crippen LogP contribution >= 0.6 is 0 Å². The van der Waals surface area contributed by atoms with E-state index in [0.717, 1.165) is 0 Å². The summed E-state index contributed by atoms with van der Waals surface area (Å²) in [6, 6.07) is -1.14. The molecule has 0 fully saturated rings.